The second-order valence-corrected chi connectivity index (χ2v) is 10.7. The molecule has 3 aliphatic heterocycles. The third-order valence-electron chi connectivity index (χ3n) is 8.72. The zero-order valence-corrected chi connectivity index (χ0v) is 22.6. The number of carbonyl (C=O) groups is 1. The fraction of sp³-hybridized carbons (Fsp3) is 0.387. The van der Waals surface area contributed by atoms with E-state index in [1.807, 2.05) is 48.5 Å². The molecule has 3 heterocycles. The number of piperidine rings is 1. The number of halogens is 1. The van der Waals surface area contributed by atoms with Crippen molar-refractivity contribution in [3.05, 3.63) is 95.1 Å². The molecular formula is C31H34BrNO3. The predicted molar refractivity (Wildman–Crippen MR) is 136 cm³/mol. The summed E-state index contributed by atoms with van der Waals surface area (Å²) in [6.07, 6.45) is 5.37. The van der Waals surface area contributed by atoms with E-state index in [0.717, 1.165) is 52.9 Å². The van der Waals surface area contributed by atoms with Gasteiger partial charge in [-0.05, 0) is 24.1 Å². The van der Waals surface area contributed by atoms with Crippen molar-refractivity contribution < 1.29 is 35.7 Å². The van der Waals surface area contributed by atoms with Gasteiger partial charge in [-0.1, -0.05) is 67.6 Å². The van der Waals surface area contributed by atoms with Crippen LogP contribution in [0.4, 0.5) is 0 Å². The van der Waals surface area contributed by atoms with E-state index in [1.165, 1.54) is 24.0 Å². The number of aryl methyl sites for hydroxylation is 1. The Morgan fingerprint density at radius 1 is 0.861 bits per heavy atom. The summed E-state index contributed by atoms with van der Waals surface area (Å²) >= 11 is 0. The van der Waals surface area contributed by atoms with Crippen molar-refractivity contribution in [2.75, 3.05) is 7.05 Å². The number of esters is 1. The van der Waals surface area contributed by atoms with Crippen LogP contribution in [0.5, 0.6) is 11.5 Å². The van der Waals surface area contributed by atoms with E-state index in [0.29, 0.717) is 12.1 Å². The van der Waals surface area contributed by atoms with Crippen molar-refractivity contribution in [1.29, 1.82) is 0 Å². The Labute approximate surface area is 224 Å². The fourth-order valence-corrected chi connectivity index (χ4v) is 6.72. The summed E-state index contributed by atoms with van der Waals surface area (Å²) in [4.78, 5) is 13.7. The summed E-state index contributed by atoms with van der Waals surface area (Å²) in [6, 6.07) is 25.9. The lowest BCUT2D eigenvalue weighted by atomic mass is 9.88. The Morgan fingerprint density at radius 2 is 1.39 bits per heavy atom. The van der Waals surface area contributed by atoms with Crippen LogP contribution in [0.3, 0.4) is 0 Å². The molecule has 5 heteroatoms. The highest BCUT2D eigenvalue weighted by molar-refractivity contribution is 5.85. The molecule has 2 saturated heterocycles. The number of carbonyl (C=O) groups excluding carboxylic acids is 1. The molecule has 2 bridgehead atoms. The molecule has 0 aromatic heterocycles. The van der Waals surface area contributed by atoms with Crippen LogP contribution in [0.25, 0.3) is 0 Å². The van der Waals surface area contributed by atoms with Gasteiger partial charge in [0.05, 0.1) is 19.1 Å². The van der Waals surface area contributed by atoms with E-state index in [4.69, 9.17) is 9.47 Å². The van der Waals surface area contributed by atoms with Gasteiger partial charge in [-0.15, -0.1) is 0 Å². The maximum atomic E-state index is 13.7. The molecule has 0 spiro atoms. The van der Waals surface area contributed by atoms with Gasteiger partial charge < -0.3 is 30.9 Å². The number of quaternary nitrogens is 1. The minimum atomic E-state index is -0.436. The van der Waals surface area contributed by atoms with Gasteiger partial charge in [0, 0.05) is 42.4 Å². The average molecular weight is 549 g/mol. The molecule has 4 atom stereocenters. The first kappa shape index (κ1) is 25.0. The molecule has 0 saturated carbocycles. The molecule has 0 amide bonds. The van der Waals surface area contributed by atoms with Crippen LogP contribution in [0, 0.1) is 0 Å². The van der Waals surface area contributed by atoms with Crippen LogP contribution in [-0.2, 0) is 22.5 Å². The molecular weight excluding hydrogens is 514 g/mol. The summed E-state index contributed by atoms with van der Waals surface area (Å²) in [5.41, 5.74) is 4.59. The lowest BCUT2D eigenvalue weighted by Gasteiger charge is -2.47. The molecule has 0 aliphatic carbocycles. The third-order valence-corrected chi connectivity index (χ3v) is 8.72. The fourth-order valence-electron chi connectivity index (χ4n) is 6.72. The summed E-state index contributed by atoms with van der Waals surface area (Å²) < 4.78 is 13.4. The summed E-state index contributed by atoms with van der Waals surface area (Å²) in [7, 11) is 2.42. The van der Waals surface area contributed by atoms with Gasteiger partial charge in [0.25, 0.3) is 0 Å². The second-order valence-electron chi connectivity index (χ2n) is 10.7. The summed E-state index contributed by atoms with van der Waals surface area (Å²) in [5, 5.41) is 0. The number of benzene rings is 3. The van der Waals surface area contributed by atoms with Crippen molar-refractivity contribution in [3.8, 4) is 11.5 Å². The van der Waals surface area contributed by atoms with Crippen LogP contribution < -0.4 is 21.7 Å². The Kier molecular flexibility index (Phi) is 6.97. The van der Waals surface area contributed by atoms with Gasteiger partial charge in [-0.3, -0.25) is 4.79 Å². The Morgan fingerprint density at radius 3 is 1.94 bits per heavy atom. The second kappa shape index (κ2) is 10.0. The number of para-hydroxylation sites is 2. The van der Waals surface area contributed by atoms with E-state index in [1.54, 1.807) is 0 Å². The molecule has 3 aliphatic rings. The Balaban J connectivity index is 0.00000267. The molecule has 6 rings (SSSR count). The molecule has 2 fully saturated rings. The number of hydrogen-bond acceptors (Lipinski definition) is 3. The number of hydrogen-bond donors (Lipinski definition) is 0. The van der Waals surface area contributed by atoms with Crippen molar-refractivity contribution in [2.24, 2.45) is 0 Å². The van der Waals surface area contributed by atoms with Crippen LogP contribution in [0.2, 0.25) is 0 Å². The molecule has 4 nitrogen and oxygen atoms in total. The lowest BCUT2D eigenvalue weighted by molar-refractivity contribution is -0.961. The van der Waals surface area contributed by atoms with Gasteiger partial charge in [0.1, 0.15) is 30.1 Å². The Hall–Kier alpha value is -2.63. The first-order chi connectivity index (χ1) is 17.0. The van der Waals surface area contributed by atoms with Gasteiger partial charge in [0.2, 0.25) is 0 Å². The SMILES string of the molecule is CCc1ccc(C[N+]2(C)[C@@H]3CC[C@H]2CC(OC(=O)C2c4ccccc4Oc4ccccc42)C3)cc1.[Br-]. The minimum absolute atomic E-state index is 0. The van der Waals surface area contributed by atoms with Crippen LogP contribution in [0.15, 0.2) is 72.8 Å². The van der Waals surface area contributed by atoms with Gasteiger partial charge in [-0.2, -0.15) is 0 Å². The van der Waals surface area contributed by atoms with E-state index in [9.17, 15) is 4.79 Å². The van der Waals surface area contributed by atoms with Gasteiger partial charge in [-0.25, -0.2) is 0 Å². The van der Waals surface area contributed by atoms with E-state index < -0.39 is 5.92 Å². The van der Waals surface area contributed by atoms with Crippen molar-refractivity contribution in [3.63, 3.8) is 0 Å². The quantitative estimate of drug-likeness (QED) is 0.363. The topological polar surface area (TPSA) is 35.5 Å². The predicted octanol–water partition coefficient (Wildman–Crippen LogP) is 3.37. The molecule has 2 unspecified atom stereocenters. The molecule has 0 radical (unpaired) electrons. The monoisotopic (exact) mass is 547 g/mol. The standard InChI is InChI=1S/C31H34NO3.BrH/c1-3-21-12-14-22(15-13-21)20-32(2)23-16-17-24(32)19-25(18-23)34-31(33)30-26-8-4-6-10-28(26)35-29-11-7-5-9-27(29)30;/h4-15,23-25,30H,3,16-20H2,1-2H3;1H/q+1;/p-1/t23-,24+,25?,32?;. The van der Waals surface area contributed by atoms with E-state index in [2.05, 4.69) is 38.2 Å². The highest BCUT2D eigenvalue weighted by atomic mass is 79.9. The number of ether oxygens (including phenoxy) is 2. The van der Waals surface area contributed by atoms with Crippen LogP contribution >= 0.6 is 0 Å². The molecule has 36 heavy (non-hydrogen) atoms. The Bertz CT molecular complexity index is 1180. The largest absolute Gasteiger partial charge is 1.00 e. The van der Waals surface area contributed by atoms with Crippen molar-refractivity contribution in [1.82, 2.24) is 0 Å². The highest BCUT2D eigenvalue weighted by Crippen LogP contribution is 2.47. The summed E-state index contributed by atoms with van der Waals surface area (Å²) in [5.74, 6) is 0.905. The minimum Gasteiger partial charge on any atom is -1.00 e. The average Bonchev–Trinajstić information content (AvgIpc) is 3.03. The van der Waals surface area contributed by atoms with Crippen LogP contribution in [0.1, 0.15) is 60.8 Å². The number of fused-ring (bicyclic) bond motifs is 4. The molecule has 3 aromatic carbocycles. The van der Waals surface area contributed by atoms with Crippen molar-refractivity contribution >= 4 is 5.97 Å². The zero-order valence-electron chi connectivity index (χ0n) is 21.0. The van der Waals surface area contributed by atoms with Gasteiger partial charge >= 0.3 is 5.97 Å². The van der Waals surface area contributed by atoms with Gasteiger partial charge in [0.15, 0.2) is 0 Å². The van der Waals surface area contributed by atoms with Crippen LogP contribution in [-0.4, -0.2) is 35.7 Å². The maximum absolute atomic E-state index is 13.7. The molecule has 188 valence electrons. The smallest absolute Gasteiger partial charge is 0.318 e. The first-order valence-electron chi connectivity index (χ1n) is 13.0. The summed E-state index contributed by atoms with van der Waals surface area (Å²) in [6.45, 7) is 3.26. The lowest BCUT2D eigenvalue weighted by Crippen LogP contribution is -3.00. The number of rotatable bonds is 5. The van der Waals surface area contributed by atoms with E-state index in [-0.39, 0.29) is 29.1 Å². The van der Waals surface area contributed by atoms with E-state index >= 15 is 0 Å². The number of nitrogens with zero attached hydrogens (tertiary/aromatic N) is 1. The van der Waals surface area contributed by atoms with Crippen molar-refractivity contribution in [2.45, 2.75) is 69.7 Å². The highest BCUT2D eigenvalue weighted by Gasteiger charge is 2.52. The normalized spacial score (nSPS) is 26.2. The maximum Gasteiger partial charge on any atom is 0.318 e. The molecule has 0 N–H and O–H groups in total. The third kappa shape index (κ3) is 4.37. The zero-order chi connectivity index (χ0) is 24.0. The first-order valence-corrected chi connectivity index (χ1v) is 13.0. The molecule has 3 aromatic rings.